The summed E-state index contributed by atoms with van der Waals surface area (Å²) in [6.07, 6.45) is 1.36. The third-order valence-electron chi connectivity index (χ3n) is 5.21. The molecule has 0 radical (unpaired) electrons. The van der Waals surface area contributed by atoms with Crippen molar-refractivity contribution in [1.29, 1.82) is 0 Å². The van der Waals surface area contributed by atoms with Crippen molar-refractivity contribution < 1.29 is 0 Å². The van der Waals surface area contributed by atoms with E-state index in [4.69, 9.17) is 11.6 Å². The topological polar surface area (TPSA) is 6.48 Å². The van der Waals surface area contributed by atoms with Crippen LogP contribution in [0.4, 0.5) is 5.69 Å². The molecule has 2 fully saturated rings. The standard InChI is InChI=1S/C20H23ClN2.BrH/c21-19-8-4-5-9-20(19)23-12-10-22(11-13-23)15-17-14-18(17)16-6-2-1-3-7-16;/h1-9,17-18H,10-15H2;1H/t17-,18-;/m0./s1. The highest BCUT2D eigenvalue weighted by Crippen LogP contribution is 2.47. The number of halogens is 2. The zero-order valence-corrected chi connectivity index (χ0v) is 16.2. The van der Waals surface area contributed by atoms with Gasteiger partial charge in [0.15, 0.2) is 0 Å². The maximum atomic E-state index is 6.32. The molecule has 1 saturated heterocycles. The molecule has 0 N–H and O–H groups in total. The van der Waals surface area contributed by atoms with Crippen LogP contribution in [0.1, 0.15) is 17.9 Å². The Labute approximate surface area is 160 Å². The molecule has 2 aromatic rings. The summed E-state index contributed by atoms with van der Waals surface area (Å²) < 4.78 is 0. The van der Waals surface area contributed by atoms with Crippen molar-refractivity contribution in [3.8, 4) is 0 Å². The number of hydrogen-bond donors (Lipinski definition) is 0. The first-order valence-corrected chi connectivity index (χ1v) is 8.96. The molecular formula is C20H24BrClN2. The van der Waals surface area contributed by atoms with Gasteiger partial charge in [0.25, 0.3) is 0 Å². The van der Waals surface area contributed by atoms with E-state index in [0.717, 1.165) is 43.0 Å². The van der Waals surface area contributed by atoms with Crippen LogP contribution in [0.5, 0.6) is 0 Å². The van der Waals surface area contributed by atoms with Crippen LogP contribution in [0.3, 0.4) is 0 Å². The summed E-state index contributed by atoms with van der Waals surface area (Å²) in [4.78, 5) is 5.04. The predicted octanol–water partition coefficient (Wildman–Crippen LogP) is 4.84. The van der Waals surface area contributed by atoms with Gasteiger partial charge in [0.1, 0.15) is 0 Å². The van der Waals surface area contributed by atoms with Crippen LogP contribution < -0.4 is 4.90 Å². The molecule has 1 heterocycles. The average molecular weight is 408 g/mol. The molecular weight excluding hydrogens is 384 g/mol. The number of benzene rings is 2. The Morgan fingerprint density at radius 2 is 1.54 bits per heavy atom. The summed E-state index contributed by atoms with van der Waals surface area (Å²) in [5.41, 5.74) is 2.70. The fraction of sp³-hybridized carbons (Fsp3) is 0.400. The van der Waals surface area contributed by atoms with E-state index in [2.05, 4.69) is 52.3 Å². The highest BCUT2D eigenvalue weighted by molar-refractivity contribution is 8.93. The molecule has 0 bridgehead atoms. The van der Waals surface area contributed by atoms with Gasteiger partial charge in [0, 0.05) is 32.7 Å². The number of hydrogen-bond acceptors (Lipinski definition) is 2. The quantitative estimate of drug-likeness (QED) is 0.715. The van der Waals surface area contributed by atoms with Crippen molar-refractivity contribution in [3.63, 3.8) is 0 Å². The summed E-state index contributed by atoms with van der Waals surface area (Å²) in [6.45, 7) is 5.68. The lowest BCUT2D eigenvalue weighted by Gasteiger charge is -2.36. The molecule has 4 heteroatoms. The Morgan fingerprint density at radius 3 is 2.25 bits per heavy atom. The SMILES string of the molecule is Br.Clc1ccccc1N1CCN(C[C@@H]2C[C@H]2c2ccccc2)CC1. The van der Waals surface area contributed by atoms with E-state index < -0.39 is 0 Å². The lowest BCUT2D eigenvalue weighted by atomic mass is 10.1. The zero-order valence-electron chi connectivity index (χ0n) is 13.8. The number of para-hydroxylation sites is 1. The van der Waals surface area contributed by atoms with Crippen LogP contribution in [0.2, 0.25) is 5.02 Å². The average Bonchev–Trinajstić information content (AvgIpc) is 3.36. The fourth-order valence-electron chi connectivity index (χ4n) is 3.77. The summed E-state index contributed by atoms with van der Waals surface area (Å²) in [6, 6.07) is 19.2. The molecule has 1 aliphatic carbocycles. The lowest BCUT2D eigenvalue weighted by molar-refractivity contribution is 0.246. The monoisotopic (exact) mass is 406 g/mol. The van der Waals surface area contributed by atoms with Crippen molar-refractivity contribution in [2.75, 3.05) is 37.6 Å². The van der Waals surface area contributed by atoms with Crippen molar-refractivity contribution in [2.45, 2.75) is 12.3 Å². The molecule has 2 aromatic carbocycles. The molecule has 1 aliphatic heterocycles. The Kier molecular flexibility index (Phi) is 5.85. The first kappa shape index (κ1) is 17.8. The second-order valence-electron chi connectivity index (χ2n) is 6.75. The second-order valence-corrected chi connectivity index (χ2v) is 7.16. The van der Waals surface area contributed by atoms with E-state index in [1.807, 2.05) is 12.1 Å². The third kappa shape index (κ3) is 3.96. The van der Waals surface area contributed by atoms with E-state index in [-0.39, 0.29) is 17.0 Å². The minimum Gasteiger partial charge on any atom is -0.368 e. The first-order valence-electron chi connectivity index (χ1n) is 8.58. The Morgan fingerprint density at radius 1 is 0.875 bits per heavy atom. The van der Waals surface area contributed by atoms with E-state index in [1.165, 1.54) is 24.2 Å². The highest BCUT2D eigenvalue weighted by Gasteiger charge is 2.39. The fourth-order valence-corrected chi connectivity index (χ4v) is 4.02. The van der Waals surface area contributed by atoms with E-state index >= 15 is 0 Å². The largest absolute Gasteiger partial charge is 0.368 e. The molecule has 2 nitrogen and oxygen atoms in total. The number of piperazine rings is 1. The van der Waals surface area contributed by atoms with Crippen molar-refractivity contribution in [3.05, 3.63) is 65.2 Å². The van der Waals surface area contributed by atoms with Gasteiger partial charge in [0.05, 0.1) is 10.7 Å². The summed E-state index contributed by atoms with van der Waals surface area (Å²) in [5.74, 6) is 1.64. The van der Waals surface area contributed by atoms with E-state index in [1.54, 1.807) is 0 Å². The van der Waals surface area contributed by atoms with E-state index in [9.17, 15) is 0 Å². The van der Waals surface area contributed by atoms with Crippen LogP contribution >= 0.6 is 28.6 Å². The van der Waals surface area contributed by atoms with Crippen LogP contribution in [-0.4, -0.2) is 37.6 Å². The molecule has 128 valence electrons. The van der Waals surface area contributed by atoms with Crippen LogP contribution in [-0.2, 0) is 0 Å². The molecule has 2 aliphatic rings. The van der Waals surface area contributed by atoms with Gasteiger partial charge in [-0.05, 0) is 36.0 Å². The molecule has 2 atom stereocenters. The number of rotatable bonds is 4. The van der Waals surface area contributed by atoms with Gasteiger partial charge in [-0.25, -0.2) is 0 Å². The molecule has 24 heavy (non-hydrogen) atoms. The van der Waals surface area contributed by atoms with Gasteiger partial charge in [-0.1, -0.05) is 54.1 Å². The smallest absolute Gasteiger partial charge is 0.0639 e. The number of anilines is 1. The predicted molar refractivity (Wildman–Crippen MR) is 108 cm³/mol. The van der Waals surface area contributed by atoms with Gasteiger partial charge in [-0.15, -0.1) is 17.0 Å². The van der Waals surface area contributed by atoms with Gasteiger partial charge >= 0.3 is 0 Å². The molecule has 0 unspecified atom stereocenters. The number of nitrogens with zero attached hydrogens (tertiary/aromatic N) is 2. The minimum atomic E-state index is 0. The summed E-state index contributed by atoms with van der Waals surface area (Å²) in [5, 5.41) is 0.868. The van der Waals surface area contributed by atoms with Gasteiger partial charge in [0.2, 0.25) is 0 Å². The maximum Gasteiger partial charge on any atom is 0.0639 e. The Bertz CT molecular complexity index is 656. The van der Waals surface area contributed by atoms with Crippen LogP contribution in [0.15, 0.2) is 54.6 Å². The molecule has 0 aromatic heterocycles. The van der Waals surface area contributed by atoms with Crippen molar-refractivity contribution in [1.82, 2.24) is 4.90 Å². The second kappa shape index (κ2) is 7.90. The normalized spacial score (nSPS) is 23.6. The summed E-state index contributed by atoms with van der Waals surface area (Å²) >= 11 is 6.32. The third-order valence-corrected chi connectivity index (χ3v) is 5.53. The first-order chi connectivity index (χ1) is 11.3. The van der Waals surface area contributed by atoms with Crippen molar-refractivity contribution >= 4 is 34.3 Å². The van der Waals surface area contributed by atoms with Gasteiger partial charge in [-0.3, -0.25) is 4.90 Å². The Hall–Kier alpha value is -1.03. The van der Waals surface area contributed by atoms with E-state index in [0.29, 0.717) is 0 Å². The molecule has 0 spiro atoms. The molecule has 4 rings (SSSR count). The van der Waals surface area contributed by atoms with Crippen LogP contribution in [0, 0.1) is 5.92 Å². The highest BCUT2D eigenvalue weighted by atomic mass is 79.9. The maximum absolute atomic E-state index is 6.32. The van der Waals surface area contributed by atoms with Gasteiger partial charge in [-0.2, -0.15) is 0 Å². The molecule has 0 amide bonds. The summed E-state index contributed by atoms with van der Waals surface area (Å²) in [7, 11) is 0. The molecule has 1 saturated carbocycles. The van der Waals surface area contributed by atoms with Crippen molar-refractivity contribution in [2.24, 2.45) is 5.92 Å². The van der Waals surface area contributed by atoms with Crippen LogP contribution in [0.25, 0.3) is 0 Å². The van der Waals surface area contributed by atoms with Gasteiger partial charge < -0.3 is 4.90 Å². The lowest BCUT2D eigenvalue weighted by Crippen LogP contribution is -2.47. The Balaban J connectivity index is 0.00000169. The zero-order chi connectivity index (χ0) is 15.6. The minimum absolute atomic E-state index is 0.